The first kappa shape index (κ1) is 19.4. The Morgan fingerprint density at radius 1 is 1.33 bits per heavy atom. The number of halogens is 1. The molecular formula is C19H23ClN4O3. The number of aryl methyl sites for hydroxylation is 3. The number of hydrogen-bond donors (Lipinski definition) is 2. The van der Waals surface area contributed by atoms with Crippen LogP contribution in [0.25, 0.3) is 22.4 Å². The number of carbonyl (C=O) groups is 1. The van der Waals surface area contributed by atoms with Gasteiger partial charge < -0.3 is 20.0 Å². The molecule has 3 aromatic heterocycles. The fraction of sp³-hybridized carbons (Fsp3) is 0.421. The number of furan rings is 1. The molecule has 7 nitrogen and oxygen atoms in total. The van der Waals surface area contributed by atoms with Crippen LogP contribution in [0, 0.1) is 26.7 Å². The Morgan fingerprint density at radius 2 is 2.07 bits per heavy atom. The largest absolute Gasteiger partial charge is 0.466 e. The summed E-state index contributed by atoms with van der Waals surface area (Å²) in [5.41, 5.74) is 8.79. The summed E-state index contributed by atoms with van der Waals surface area (Å²) in [6, 6.07) is 3.67. The highest BCUT2D eigenvalue weighted by Crippen LogP contribution is 2.33. The molecule has 0 bridgehead atoms. The molecule has 3 aromatic rings. The van der Waals surface area contributed by atoms with Gasteiger partial charge in [-0.1, -0.05) is 5.16 Å². The van der Waals surface area contributed by atoms with E-state index in [0.29, 0.717) is 40.5 Å². The number of pyridine rings is 1. The number of nitrogens with zero attached hydrogens (tertiary/aromatic N) is 2. The number of hydrogen-bond acceptors (Lipinski definition) is 6. The van der Waals surface area contributed by atoms with Gasteiger partial charge in [0.25, 0.3) is 11.6 Å². The Hall–Kier alpha value is -2.38. The first-order valence-corrected chi connectivity index (χ1v) is 8.83. The summed E-state index contributed by atoms with van der Waals surface area (Å²) >= 11 is 0. The fourth-order valence-electron chi connectivity index (χ4n) is 3.41. The predicted molar refractivity (Wildman–Crippen MR) is 104 cm³/mol. The topological polar surface area (TPSA) is 107 Å². The lowest BCUT2D eigenvalue weighted by atomic mass is 10.0. The van der Waals surface area contributed by atoms with Crippen molar-refractivity contribution >= 4 is 29.4 Å². The lowest BCUT2D eigenvalue weighted by molar-refractivity contribution is 0.0935. The molecular weight excluding hydrogens is 368 g/mol. The van der Waals surface area contributed by atoms with Crippen molar-refractivity contribution in [3.05, 3.63) is 34.9 Å². The van der Waals surface area contributed by atoms with Crippen molar-refractivity contribution in [2.24, 2.45) is 11.7 Å². The molecule has 1 atom stereocenters. The van der Waals surface area contributed by atoms with Gasteiger partial charge in [0.05, 0.1) is 22.3 Å². The molecule has 1 fully saturated rings. The molecule has 0 aromatic carbocycles. The molecule has 1 amide bonds. The zero-order valence-corrected chi connectivity index (χ0v) is 16.4. The molecule has 8 heteroatoms. The van der Waals surface area contributed by atoms with Gasteiger partial charge >= 0.3 is 0 Å². The van der Waals surface area contributed by atoms with Gasteiger partial charge in [-0.15, -0.1) is 12.4 Å². The second-order valence-electron chi connectivity index (χ2n) is 6.98. The zero-order valence-electron chi connectivity index (χ0n) is 15.5. The van der Waals surface area contributed by atoms with Gasteiger partial charge in [0.1, 0.15) is 11.5 Å². The smallest absolute Gasteiger partial charge is 0.259 e. The zero-order chi connectivity index (χ0) is 18.4. The summed E-state index contributed by atoms with van der Waals surface area (Å²) in [4.78, 5) is 17.5. The normalized spacial score (nSPS) is 14.8. The van der Waals surface area contributed by atoms with Crippen molar-refractivity contribution < 1.29 is 13.7 Å². The summed E-state index contributed by atoms with van der Waals surface area (Å²) < 4.78 is 10.9. The van der Waals surface area contributed by atoms with Crippen LogP contribution < -0.4 is 11.1 Å². The molecule has 0 spiro atoms. The molecule has 3 heterocycles. The highest BCUT2D eigenvalue weighted by molar-refractivity contribution is 6.07. The fourth-order valence-corrected chi connectivity index (χ4v) is 3.41. The van der Waals surface area contributed by atoms with Gasteiger partial charge in [0, 0.05) is 18.2 Å². The number of carbonyl (C=O) groups excluding carboxylic acids is 1. The van der Waals surface area contributed by atoms with Crippen molar-refractivity contribution in [1.29, 1.82) is 0 Å². The van der Waals surface area contributed by atoms with Crippen molar-refractivity contribution in [3.8, 4) is 11.3 Å². The van der Waals surface area contributed by atoms with Crippen molar-refractivity contribution in [3.63, 3.8) is 0 Å². The van der Waals surface area contributed by atoms with E-state index < -0.39 is 0 Å². The van der Waals surface area contributed by atoms with Crippen LogP contribution in [0.1, 0.15) is 40.4 Å². The van der Waals surface area contributed by atoms with Gasteiger partial charge in [-0.3, -0.25) is 4.79 Å². The molecule has 3 N–H and O–H groups in total. The van der Waals surface area contributed by atoms with Crippen molar-refractivity contribution in [1.82, 2.24) is 15.5 Å². The van der Waals surface area contributed by atoms with E-state index in [-0.39, 0.29) is 24.4 Å². The van der Waals surface area contributed by atoms with Gasteiger partial charge in [-0.25, -0.2) is 4.98 Å². The summed E-state index contributed by atoms with van der Waals surface area (Å²) in [7, 11) is 0. The molecule has 0 aliphatic heterocycles. The Labute approximate surface area is 163 Å². The Kier molecular flexibility index (Phi) is 5.26. The van der Waals surface area contributed by atoms with Crippen molar-refractivity contribution in [2.45, 2.75) is 39.7 Å². The molecule has 27 heavy (non-hydrogen) atoms. The molecule has 0 saturated heterocycles. The van der Waals surface area contributed by atoms with Crippen LogP contribution in [0.4, 0.5) is 0 Å². The number of amides is 1. The van der Waals surface area contributed by atoms with E-state index in [1.165, 1.54) is 0 Å². The number of nitrogens with one attached hydrogen (secondary N) is 1. The minimum atomic E-state index is -0.176. The number of rotatable bonds is 5. The lowest BCUT2D eigenvalue weighted by Crippen LogP contribution is -2.41. The molecule has 1 aliphatic rings. The van der Waals surface area contributed by atoms with E-state index in [0.717, 1.165) is 29.9 Å². The summed E-state index contributed by atoms with van der Waals surface area (Å²) in [5, 5.41) is 7.69. The van der Waals surface area contributed by atoms with Gasteiger partial charge in [-0.05, 0) is 51.7 Å². The predicted octanol–water partition coefficient (Wildman–Crippen LogP) is 3.30. The minimum Gasteiger partial charge on any atom is -0.466 e. The van der Waals surface area contributed by atoms with E-state index >= 15 is 0 Å². The van der Waals surface area contributed by atoms with Crippen LogP contribution in [0.15, 0.2) is 21.1 Å². The van der Waals surface area contributed by atoms with Gasteiger partial charge in [-0.2, -0.15) is 0 Å². The van der Waals surface area contributed by atoms with Crippen molar-refractivity contribution in [2.75, 3.05) is 6.54 Å². The first-order chi connectivity index (χ1) is 12.5. The maximum Gasteiger partial charge on any atom is 0.259 e. The van der Waals surface area contributed by atoms with Crippen LogP contribution in [-0.4, -0.2) is 28.6 Å². The lowest BCUT2D eigenvalue weighted by Gasteiger charge is -2.16. The molecule has 1 saturated carbocycles. The highest BCUT2D eigenvalue weighted by atomic mass is 35.5. The Bertz CT molecular complexity index is 990. The van der Waals surface area contributed by atoms with Crippen LogP contribution in [0.5, 0.6) is 0 Å². The maximum atomic E-state index is 13.0. The molecule has 144 valence electrons. The van der Waals surface area contributed by atoms with Crippen LogP contribution >= 0.6 is 12.4 Å². The quantitative estimate of drug-likeness (QED) is 0.692. The van der Waals surface area contributed by atoms with Gasteiger partial charge in [0.2, 0.25) is 0 Å². The second-order valence-corrected chi connectivity index (χ2v) is 6.98. The molecule has 0 radical (unpaired) electrons. The minimum absolute atomic E-state index is 0. The van der Waals surface area contributed by atoms with Gasteiger partial charge in [0.15, 0.2) is 0 Å². The summed E-state index contributed by atoms with van der Waals surface area (Å²) in [6.07, 6.45) is 2.22. The molecule has 1 aliphatic carbocycles. The Balaban J connectivity index is 0.00000210. The van der Waals surface area contributed by atoms with Crippen LogP contribution in [0.3, 0.4) is 0 Å². The number of nitrogens with two attached hydrogens (primary N) is 1. The average molecular weight is 391 g/mol. The Morgan fingerprint density at radius 3 is 2.67 bits per heavy atom. The molecule has 4 rings (SSSR count). The van der Waals surface area contributed by atoms with Crippen LogP contribution in [-0.2, 0) is 0 Å². The van der Waals surface area contributed by atoms with E-state index in [4.69, 9.17) is 14.7 Å². The first-order valence-electron chi connectivity index (χ1n) is 8.83. The monoisotopic (exact) mass is 390 g/mol. The third kappa shape index (κ3) is 3.57. The number of fused-ring (bicyclic) bond motifs is 1. The van der Waals surface area contributed by atoms with E-state index in [2.05, 4.69) is 15.5 Å². The summed E-state index contributed by atoms with van der Waals surface area (Å²) in [5.74, 6) is 1.83. The second kappa shape index (κ2) is 7.32. The molecule has 1 unspecified atom stereocenters. The summed E-state index contributed by atoms with van der Waals surface area (Å²) in [6.45, 7) is 5.98. The van der Waals surface area contributed by atoms with Crippen LogP contribution in [0.2, 0.25) is 0 Å². The maximum absolute atomic E-state index is 13.0. The SMILES string of the molecule is Cc1cc(-c2cc(C(=O)NC(CN)C3CC3)c3c(C)noc3n2)c(C)o1.Cl. The standard InChI is InChI=1S/C19H22N4O3.ClH/c1-9-6-13(11(3)25-9)15-7-14(17-10(2)23-26-19(17)22-15)18(24)21-16(8-20)12-4-5-12;/h6-7,12,16H,4-5,8,20H2,1-3H3,(H,21,24);1H. The van der Waals surface area contributed by atoms with E-state index in [9.17, 15) is 4.79 Å². The highest BCUT2D eigenvalue weighted by Gasteiger charge is 2.32. The third-order valence-corrected chi connectivity index (χ3v) is 4.94. The average Bonchev–Trinajstić information content (AvgIpc) is 3.31. The number of aromatic nitrogens is 2. The van der Waals surface area contributed by atoms with E-state index in [1.54, 1.807) is 13.0 Å². The van der Waals surface area contributed by atoms with E-state index in [1.807, 2.05) is 19.9 Å². The third-order valence-electron chi connectivity index (χ3n) is 4.94.